The van der Waals surface area contributed by atoms with Gasteiger partial charge in [-0.05, 0) is 45.7 Å². The summed E-state index contributed by atoms with van der Waals surface area (Å²) in [5.41, 5.74) is 0. The van der Waals surface area contributed by atoms with E-state index in [-0.39, 0.29) is 0 Å². The molecule has 0 heterocycles. The van der Waals surface area contributed by atoms with Gasteiger partial charge in [-0.3, -0.25) is 4.90 Å². The number of hydrogen-bond donors (Lipinski definition) is 1. The van der Waals surface area contributed by atoms with E-state index >= 15 is 0 Å². The predicted molar refractivity (Wildman–Crippen MR) is 71.9 cm³/mol. The molecule has 1 rings (SSSR count). The Morgan fingerprint density at radius 3 is 2.56 bits per heavy atom. The Balaban J connectivity index is 2.53. The molecular formula is C14H30N2. The first-order valence-corrected chi connectivity index (χ1v) is 7.23. The second-order valence-electron chi connectivity index (χ2n) is 5.15. The van der Waals surface area contributed by atoms with Gasteiger partial charge in [-0.25, -0.2) is 0 Å². The SMILES string of the molecule is CCCNC1CCCC1N(CC)C(C)CC. The van der Waals surface area contributed by atoms with Crippen LogP contribution in [0.15, 0.2) is 0 Å². The fourth-order valence-electron chi connectivity index (χ4n) is 3.01. The molecule has 0 aromatic rings. The molecule has 2 heteroatoms. The van der Waals surface area contributed by atoms with Crippen LogP contribution in [0.1, 0.15) is 59.8 Å². The molecule has 0 bridgehead atoms. The third-order valence-corrected chi connectivity index (χ3v) is 4.08. The molecule has 96 valence electrons. The molecule has 1 saturated carbocycles. The molecule has 0 aromatic carbocycles. The summed E-state index contributed by atoms with van der Waals surface area (Å²) in [6.07, 6.45) is 6.68. The fraction of sp³-hybridized carbons (Fsp3) is 1.00. The summed E-state index contributed by atoms with van der Waals surface area (Å²) in [7, 11) is 0. The number of nitrogens with zero attached hydrogens (tertiary/aromatic N) is 1. The van der Waals surface area contributed by atoms with Crippen molar-refractivity contribution < 1.29 is 0 Å². The van der Waals surface area contributed by atoms with Crippen molar-refractivity contribution in [3.63, 3.8) is 0 Å². The van der Waals surface area contributed by atoms with E-state index in [1.807, 2.05) is 0 Å². The third kappa shape index (κ3) is 3.46. The first-order chi connectivity index (χ1) is 7.74. The Kier molecular flexibility index (Phi) is 6.37. The summed E-state index contributed by atoms with van der Waals surface area (Å²) >= 11 is 0. The minimum Gasteiger partial charge on any atom is -0.312 e. The number of hydrogen-bond acceptors (Lipinski definition) is 2. The highest BCUT2D eigenvalue weighted by Crippen LogP contribution is 2.26. The zero-order valence-electron chi connectivity index (χ0n) is 11.6. The van der Waals surface area contributed by atoms with E-state index in [9.17, 15) is 0 Å². The van der Waals surface area contributed by atoms with Crippen molar-refractivity contribution >= 4 is 0 Å². The van der Waals surface area contributed by atoms with Crippen molar-refractivity contribution in [2.75, 3.05) is 13.1 Å². The molecule has 1 aliphatic carbocycles. The Morgan fingerprint density at radius 1 is 1.25 bits per heavy atom. The quantitative estimate of drug-likeness (QED) is 0.718. The summed E-state index contributed by atoms with van der Waals surface area (Å²) in [6.45, 7) is 11.6. The van der Waals surface area contributed by atoms with Crippen LogP contribution >= 0.6 is 0 Å². The van der Waals surface area contributed by atoms with Crippen molar-refractivity contribution in [2.45, 2.75) is 77.9 Å². The van der Waals surface area contributed by atoms with Crippen molar-refractivity contribution in [3.05, 3.63) is 0 Å². The van der Waals surface area contributed by atoms with Gasteiger partial charge < -0.3 is 5.32 Å². The first kappa shape index (κ1) is 14.0. The van der Waals surface area contributed by atoms with Crippen molar-refractivity contribution in [1.82, 2.24) is 10.2 Å². The predicted octanol–water partition coefficient (Wildman–Crippen LogP) is 3.03. The molecule has 16 heavy (non-hydrogen) atoms. The van der Waals surface area contributed by atoms with Crippen molar-refractivity contribution in [3.8, 4) is 0 Å². The Hall–Kier alpha value is -0.0800. The zero-order valence-corrected chi connectivity index (χ0v) is 11.6. The van der Waals surface area contributed by atoms with Crippen molar-refractivity contribution in [2.24, 2.45) is 0 Å². The van der Waals surface area contributed by atoms with E-state index < -0.39 is 0 Å². The molecule has 3 atom stereocenters. The highest BCUT2D eigenvalue weighted by Gasteiger charge is 2.32. The van der Waals surface area contributed by atoms with Gasteiger partial charge in [0.1, 0.15) is 0 Å². The average Bonchev–Trinajstić information content (AvgIpc) is 2.75. The summed E-state index contributed by atoms with van der Waals surface area (Å²) in [4.78, 5) is 2.71. The topological polar surface area (TPSA) is 15.3 Å². The van der Waals surface area contributed by atoms with Gasteiger partial charge >= 0.3 is 0 Å². The number of nitrogens with one attached hydrogen (secondary N) is 1. The van der Waals surface area contributed by atoms with Gasteiger partial charge in [0.2, 0.25) is 0 Å². The lowest BCUT2D eigenvalue weighted by molar-refractivity contribution is 0.129. The van der Waals surface area contributed by atoms with Crippen LogP contribution in [-0.2, 0) is 0 Å². The second-order valence-corrected chi connectivity index (χ2v) is 5.15. The van der Waals surface area contributed by atoms with E-state index in [1.165, 1.54) is 45.2 Å². The summed E-state index contributed by atoms with van der Waals surface area (Å²) in [5.74, 6) is 0. The highest BCUT2D eigenvalue weighted by atomic mass is 15.2. The zero-order chi connectivity index (χ0) is 12.0. The lowest BCUT2D eigenvalue weighted by Crippen LogP contribution is -2.50. The summed E-state index contributed by atoms with van der Waals surface area (Å²) in [5, 5.41) is 3.73. The van der Waals surface area contributed by atoms with E-state index in [2.05, 4.69) is 37.9 Å². The minimum atomic E-state index is 0.735. The minimum absolute atomic E-state index is 0.735. The lowest BCUT2D eigenvalue weighted by Gasteiger charge is -2.37. The maximum absolute atomic E-state index is 3.73. The van der Waals surface area contributed by atoms with Crippen LogP contribution in [-0.4, -0.2) is 36.1 Å². The Morgan fingerprint density at radius 2 is 2.00 bits per heavy atom. The third-order valence-electron chi connectivity index (χ3n) is 4.08. The maximum atomic E-state index is 3.73. The molecule has 0 amide bonds. The van der Waals surface area contributed by atoms with Crippen LogP contribution in [0.5, 0.6) is 0 Å². The largest absolute Gasteiger partial charge is 0.312 e. The summed E-state index contributed by atoms with van der Waals surface area (Å²) in [6, 6.07) is 2.26. The summed E-state index contributed by atoms with van der Waals surface area (Å²) < 4.78 is 0. The van der Waals surface area contributed by atoms with E-state index in [0.29, 0.717) is 0 Å². The normalized spacial score (nSPS) is 27.6. The molecule has 1 fully saturated rings. The van der Waals surface area contributed by atoms with Gasteiger partial charge in [0.25, 0.3) is 0 Å². The highest BCUT2D eigenvalue weighted by molar-refractivity contribution is 4.91. The van der Waals surface area contributed by atoms with Crippen LogP contribution in [0.3, 0.4) is 0 Å². The lowest BCUT2D eigenvalue weighted by atomic mass is 10.1. The van der Waals surface area contributed by atoms with Crippen LogP contribution in [0, 0.1) is 0 Å². The van der Waals surface area contributed by atoms with Crippen LogP contribution in [0.4, 0.5) is 0 Å². The molecule has 0 spiro atoms. The van der Waals surface area contributed by atoms with Crippen LogP contribution in [0.25, 0.3) is 0 Å². The molecule has 0 radical (unpaired) electrons. The van der Waals surface area contributed by atoms with Gasteiger partial charge in [-0.15, -0.1) is 0 Å². The molecule has 0 saturated heterocycles. The molecule has 1 aliphatic rings. The van der Waals surface area contributed by atoms with E-state index in [0.717, 1.165) is 18.1 Å². The molecular weight excluding hydrogens is 196 g/mol. The molecule has 3 unspecified atom stereocenters. The van der Waals surface area contributed by atoms with E-state index in [4.69, 9.17) is 0 Å². The molecule has 2 nitrogen and oxygen atoms in total. The molecule has 1 N–H and O–H groups in total. The second kappa shape index (κ2) is 7.29. The van der Waals surface area contributed by atoms with E-state index in [1.54, 1.807) is 0 Å². The average molecular weight is 226 g/mol. The Labute approximate surface area is 102 Å². The number of rotatable bonds is 7. The molecule has 0 aromatic heterocycles. The van der Waals surface area contributed by atoms with Gasteiger partial charge in [0.05, 0.1) is 0 Å². The van der Waals surface area contributed by atoms with Gasteiger partial charge in [0, 0.05) is 18.1 Å². The van der Waals surface area contributed by atoms with Crippen molar-refractivity contribution in [1.29, 1.82) is 0 Å². The smallest absolute Gasteiger partial charge is 0.0252 e. The Bertz CT molecular complexity index is 182. The number of likely N-dealkylation sites (N-methyl/N-ethyl adjacent to an activating group) is 1. The van der Waals surface area contributed by atoms with Crippen LogP contribution < -0.4 is 5.32 Å². The van der Waals surface area contributed by atoms with Gasteiger partial charge in [0.15, 0.2) is 0 Å². The van der Waals surface area contributed by atoms with Gasteiger partial charge in [-0.2, -0.15) is 0 Å². The monoisotopic (exact) mass is 226 g/mol. The first-order valence-electron chi connectivity index (χ1n) is 7.23. The molecule has 0 aliphatic heterocycles. The fourth-order valence-corrected chi connectivity index (χ4v) is 3.01. The van der Waals surface area contributed by atoms with Gasteiger partial charge in [-0.1, -0.05) is 27.2 Å². The standard InChI is InChI=1S/C14H30N2/c1-5-11-15-13-9-8-10-14(13)16(7-3)12(4)6-2/h12-15H,5-11H2,1-4H3. The maximum Gasteiger partial charge on any atom is 0.0252 e. The van der Waals surface area contributed by atoms with Crippen LogP contribution in [0.2, 0.25) is 0 Å².